The Balaban J connectivity index is 4.08. The van der Waals surface area contributed by atoms with Gasteiger partial charge in [0.05, 0.1) is 10.7 Å². The topological polar surface area (TPSA) is 24.1 Å². The minimum atomic E-state index is 0.521. The Labute approximate surface area is 123 Å². The molecule has 0 saturated carbocycles. The lowest BCUT2D eigenvalue weighted by molar-refractivity contribution is 0.478. The Bertz CT molecular complexity index is 319. The van der Waals surface area contributed by atoms with E-state index in [2.05, 4.69) is 37.6 Å². The van der Waals surface area contributed by atoms with Crippen molar-refractivity contribution in [1.82, 2.24) is 10.6 Å². The number of allylic oxidation sites excluding steroid dienone is 3. The first kappa shape index (κ1) is 17.8. The fraction of sp³-hybridized carbons (Fsp3) is 0.500. The van der Waals surface area contributed by atoms with E-state index in [4.69, 9.17) is 11.6 Å². The number of halogens is 1. The molecule has 0 aromatic heterocycles. The van der Waals surface area contributed by atoms with Gasteiger partial charge in [0.2, 0.25) is 0 Å². The van der Waals surface area contributed by atoms with Gasteiger partial charge in [-0.15, -0.1) is 6.58 Å². The van der Waals surface area contributed by atoms with Crippen LogP contribution in [0.4, 0.5) is 0 Å². The monoisotopic (exact) mass is 282 g/mol. The molecular formula is C16H27ClN2. The molecular weight excluding hydrogens is 256 g/mol. The van der Waals surface area contributed by atoms with Gasteiger partial charge in [-0.25, -0.2) is 0 Å². The molecule has 19 heavy (non-hydrogen) atoms. The van der Waals surface area contributed by atoms with Crippen molar-refractivity contribution in [2.75, 3.05) is 6.54 Å². The highest BCUT2D eigenvalue weighted by Gasteiger charge is 2.02. The number of hydrogen-bond acceptors (Lipinski definition) is 2. The van der Waals surface area contributed by atoms with Crippen LogP contribution in [0.1, 0.15) is 39.5 Å². The molecule has 0 aliphatic rings. The van der Waals surface area contributed by atoms with E-state index in [0.717, 1.165) is 31.0 Å². The second-order valence-corrected chi connectivity index (χ2v) is 5.12. The molecule has 0 heterocycles. The molecule has 0 fully saturated rings. The van der Waals surface area contributed by atoms with Crippen molar-refractivity contribution in [3.05, 3.63) is 48.4 Å². The summed E-state index contributed by atoms with van der Waals surface area (Å²) in [6.45, 7) is 12.8. The van der Waals surface area contributed by atoms with E-state index in [0.29, 0.717) is 5.03 Å². The van der Waals surface area contributed by atoms with Crippen molar-refractivity contribution >= 4 is 11.6 Å². The van der Waals surface area contributed by atoms with Crippen molar-refractivity contribution in [1.29, 1.82) is 0 Å². The maximum Gasteiger partial charge on any atom is 0.0686 e. The molecule has 2 N–H and O–H groups in total. The van der Waals surface area contributed by atoms with Gasteiger partial charge in [0.15, 0.2) is 0 Å². The lowest BCUT2D eigenvalue weighted by Crippen LogP contribution is -2.18. The van der Waals surface area contributed by atoms with Gasteiger partial charge in [-0.1, -0.05) is 57.0 Å². The van der Waals surface area contributed by atoms with Gasteiger partial charge < -0.3 is 10.6 Å². The molecule has 0 saturated heterocycles. The Kier molecular flexibility index (Phi) is 11.2. The third-order valence-electron chi connectivity index (χ3n) is 2.77. The Hall–Kier alpha value is -1.15. The van der Waals surface area contributed by atoms with E-state index in [-0.39, 0.29) is 0 Å². The zero-order valence-corrected chi connectivity index (χ0v) is 13.0. The fourth-order valence-electron chi connectivity index (χ4n) is 1.68. The molecule has 0 bridgehead atoms. The van der Waals surface area contributed by atoms with Crippen LogP contribution >= 0.6 is 11.6 Å². The standard InChI is InChI=1S/C16H27ClN2/c1-5-7-8-11-18-13-16(15(4)17)19-12-10-14(3)9-6-2/h5,8,11,13-14,18-19H,1,4,6-7,9-10,12H2,2-3H3/b11-8-,16-13?. The van der Waals surface area contributed by atoms with Crippen molar-refractivity contribution < 1.29 is 0 Å². The molecule has 1 unspecified atom stereocenters. The largest absolute Gasteiger partial charge is 0.383 e. The van der Waals surface area contributed by atoms with Gasteiger partial charge in [-0.05, 0) is 25.0 Å². The third kappa shape index (κ3) is 10.5. The van der Waals surface area contributed by atoms with E-state index >= 15 is 0 Å². The Morgan fingerprint density at radius 3 is 2.68 bits per heavy atom. The highest BCUT2D eigenvalue weighted by Crippen LogP contribution is 2.11. The summed E-state index contributed by atoms with van der Waals surface area (Å²) < 4.78 is 0. The molecule has 0 rings (SSSR count). The van der Waals surface area contributed by atoms with Gasteiger partial charge >= 0.3 is 0 Å². The van der Waals surface area contributed by atoms with Gasteiger partial charge in [0.25, 0.3) is 0 Å². The molecule has 2 nitrogen and oxygen atoms in total. The minimum absolute atomic E-state index is 0.521. The van der Waals surface area contributed by atoms with E-state index in [1.54, 1.807) is 0 Å². The van der Waals surface area contributed by atoms with Crippen LogP contribution in [0.15, 0.2) is 48.4 Å². The molecule has 0 aliphatic carbocycles. The number of nitrogens with one attached hydrogen (secondary N) is 2. The number of rotatable bonds is 11. The Morgan fingerprint density at radius 1 is 1.37 bits per heavy atom. The van der Waals surface area contributed by atoms with E-state index in [1.807, 2.05) is 24.6 Å². The highest BCUT2D eigenvalue weighted by molar-refractivity contribution is 6.31. The van der Waals surface area contributed by atoms with Gasteiger partial charge in [-0.2, -0.15) is 0 Å². The van der Waals surface area contributed by atoms with Crippen LogP contribution in [0.25, 0.3) is 0 Å². The summed E-state index contributed by atoms with van der Waals surface area (Å²) in [5.41, 5.74) is 0.841. The normalized spacial score (nSPS) is 13.3. The molecule has 0 amide bonds. The highest BCUT2D eigenvalue weighted by atomic mass is 35.5. The van der Waals surface area contributed by atoms with Crippen molar-refractivity contribution in [3.63, 3.8) is 0 Å². The second-order valence-electron chi connectivity index (χ2n) is 4.67. The van der Waals surface area contributed by atoms with E-state index < -0.39 is 0 Å². The second kappa shape index (κ2) is 11.9. The smallest absolute Gasteiger partial charge is 0.0686 e. The zero-order valence-electron chi connectivity index (χ0n) is 12.2. The Morgan fingerprint density at radius 2 is 2.11 bits per heavy atom. The summed E-state index contributed by atoms with van der Waals surface area (Å²) in [5, 5.41) is 6.90. The fourth-order valence-corrected chi connectivity index (χ4v) is 1.80. The van der Waals surface area contributed by atoms with Gasteiger partial charge in [0.1, 0.15) is 0 Å². The quantitative estimate of drug-likeness (QED) is 0.425. The maximum atomic E-state index is 5.95. The molecule has 1 atom stereocenters. The number of hydrogen-bond donors (Lipinski definition) is 2. The predicted octanol–water partition coefficient (Wildman–Crippen LogP) is 4.68. The van der Waals surface area contributed by atoms with Crippen molar-refractivity contribution in [3.8, 4) is 0 Å². The lowest BCUT2D eigenvalue weighted by atomic mass is 10.0. The van der Waals surface area contributed by atoms with Gasteiger partial charge in [-0.3, -0.25) is 0 Å². The molecule has 0 aromatic rings. The van der Waals surface area contributed by atoms with Crippen LogP contribution in [0, 0.1) is 5.92 Å². The van der Waals surface area contributed by atoms with Crippen LogP contribution in [-0.4, -0.2) is 6.54 Å². The average Bonchev–Trinajstić information content (AvgIpc) is 2.36. The summed E-state index contributed by atoms with van der Waals surface area (Å²) >= 11 is 5.95. The first-order chi connectivity index (χ1) is 9.11. The predicted molar refractivity (Wildman–Crippen MR) is 86.9 cm³/mol. The maximum absolute atomic E-state index is 5.95. The van der Waals surface area contributed by atoms with Crippen LogP contribution in [0.3, 0.4) is 0 Å². The first-order valence-electron chi connectivity index (χ1n) is 6.92. The summed E-state index contributed by atoms with van der Waals surface area (Å²) in [6, 6.07) is 0. The molecule has 0 radical (unpaired) electrons. The van der Waals surface area contributed by atoms with Gasteiger partial charge in [0, 0.05) is 12.7 Å². The summed E-state index contributed by atoms with van der Waals surface area (Å²) in [4.78, 5) is 0. The first-order valence-corrected chi connectivity index (χ1v) is 7.30. The van der Waals surface area contributed by atoms with E-state index in [9.17, 15) is 0 Å². The zero-order chi connectivity index (χ0) is 14.5. The molecule has 0 spiro atoms. The molecule has 3 heteroatoms. The van der Waals surface area contributed by atoms with Crippen LogP contribution in [-0.2, 0) is 0 Å². The average molecular weight is 283 g/mol. The van der Waals surface area contributed by atoms with Crippen LogP contribution < -0.4 is 10.6 Å². The van der Waals surface area contributed by atoms with E-state index in [1.165, 1.54) is 12.8 Å². The van der Waals surface area contributed by atoms with Crippen molar-refractivity contribution in [2.45, 2.75) is 39.5 Å². The van der Waals surface area contributed by atoms with Crippen LogP contribution in [0.5, 0.6) is 0 Å². The molecule has 108 valence electrons. The summed E-state index contributed by atoms with van der Waals surface area (Å²) in [6.07, 6.45) is 12.0. The SMILES string of the molecule is C=CC/C=C\NC=C(NCCC(C)CCC)C(=C)Cl. The third-order valence-corrected chi connectivity index (χ3v) is 2.97. The lowest BCUT2D eigenvalue weighted by Gasteiger charge is -2.13. The summed E-state index contributed by atoms with van der Waals surface area (Å²) in [7, 11) is 0. The molecule has 0 aliphatic heterocycles. The van der Waals surface area contributed by atoms with Crippen LogP contribution in [0.2, 0.25) is 0 Å². The molecule has 0 aromatic carbocycles. The minimum Gasteiger partial charge on any atom is -0.383 e. The van der Waals surface area contributed by atoms with Crippen molar-refractivity contribution in [2.24, 2.45) is 5.92 Å². The summed E-state index contributed by atoms with van der Waals surface area (Å²) in [5.74, 6) is 0.739.